The van der Waals surface area contributed by atoms with Crippen molar-refractivity contribution in [2.45, 2.75) is 13.5 Å². The van der Waals surface area contributed by atoms with Gasteiger partial charge in [0.15, 0.2) is 0 Å². The highest BCUT2D eigenvalue weighted by Crippen LogP contribution is 2.02. The van der Waals surface area contributed by atoms with Crippen molar-refractivity contribution in [3.8, 4) is 0 Å². The molecule has 0 spiro atoms. The molecule has 0 heterocycles. The molecule has 92 valence electrons. The number of hydrogen-bond donors (Lipinski definition) is 1. The van der Waals surface area contributed by atoms with E-state index in [1.54, 1.807) is 0 Å². The molecular weight excluding hydrogens is 214 g/mol. The van der Waals surface area contributed by atoms with E-state index < -0.39 is 0 Å². The summed E-state index contributed by atoms with van der Waals surface area (Å²) in [6.45, 7) is 7.29. The highest BCUT2D eigenvalue weighted by atomic mass is 16.5. The van der Waals surface area contributed by atoms with Crippen LogP contribution in [0.15, 0.2) is 43.0 Å². The van der Waals surface area contributed by atoms with Gasteiger partial charge in [-0.3, -0.25) is 4.79 Å². The minimum absolute atomic E-state index is 0.139. The monoisotopic (exact) mass is 233 g/mol. The Hall–Kier alpha value is -1.61. The molecule has 0 aliphatic rings. The second-order valence-electron chi connectivity index (χ2n) is 4.06. The summed E-state index contributed by atoms with van der Waals surface area (Å²) < 4.78 is 5.57. The van der Waals surface area contributed by atoms with Crippen LogP contribution in [0.25, 0.3) is 0 Å². The summed E-state index contributed by atoms with van der Waals surface area (Å²) in [5.41, 5.74) is 1.16. The average Bonchev–Trinajstić information content (AvgIpc) is 2.37. The van der Waals surface area contributed by atoms with Crippen molar-refractivity contribution in [1.82, 2.24) is 5.32 Å². The van der Waals surface area contributed by atoms with Crippen LogP contribution in [0.4, 0.5) is 0 Å². The molecule has 1 atom stereocenters. The minimum Gasteiger partial charge on any atom is -0.376 e. The molecule has 0 radical (unpaired) electrons. The van der Waals surface area contributed by atoms with E-state index in [1.807, 2.05) is 37.3 Å². The second-order valence-corrected chi connectivity index (χ2v) is 4.06. The zero-order chi connectivity index (χ0) is 12.5. The number of benzene rings is 1. The molecule has 0 saturated carbocycles. The zero-order valence-electron chi connectivity index (χ0n) is 10.2. The third kappa shape index (κ3) is 5.88. The van der Waals surface area contributed by atoms with Gasteiger partial charge >= 0.3 is 0 Å². The summed E-state index contributed by atoms with van der Waals surface area (Å²) in [5.74, 6) is 0.155. The van der Waals surface area contributed by atoms with Gasteiger partial charge in [-0.15, -0.1) is 0 Å². The van der Waals surface area contributed by atoms with Crippen molar-refractivity contribution in [1.29, 1.82) is 0 Å². The maximum Gasteiger partial charge on any atom is 0.243 e. The molecular formula is C14H19NO2. The highest BCUT2D eigenvalue weighted by Gasteiger charge is 2.03. The first-order chi connectivity index (χ1) is 8.22. The lowest BCUT2D eigenvalue weighted by Crippen LogP contribution is -2.28. The van der Waals surface area contributed by atoms with Crippen LogP contribution >= 0.6 is 0 Å². The predicted octanol–water partition coefficient (Wildman–Crippen LogP) is 2.14. The summed E-state index contributed by atoms with van der Waals surface area (Å²) in [6, 6.07) is 10.0. The molecule has 17 heavy (non-hydrogen) atoms. The molecule has 1 amide bonds. The topological polar surface area (TPSA) is 38.3 Å². The van der Waals surface area contributed by atoms with Crippen molar-refractivity contribution in [3.05, 3.63) is 48.6 Å². The molecule has 1 unspecified atom stereocenters. The van der Waals surface area contributed by atoms with Crippen LogP contribution in [0, 0.1) is 5.92 Å². The fourth-order valence-corrected chi connectivity index (χ4v) is 1.36. The first-order valence-corrected chi connectivity index (χ1v) is 5.74. The second kappa shape index (κ2) is 7.63. The van der Waals surface area contributed by atoms with Gasteiger partial charge in [0, 0.05) is 6.54 Å². The van der Waals surface area contributed by atoms with Gasteiger partial charge in [-0.2, -0.15) is 0 Å². The molecule has 0 aliphatic carbocycles. The van der Waals surface area contributed by atoms with E-state index in [0.29, 0.717) is 25.7 Å². The van der Waals surface area contributed by atoms with Gasteiger partial charge in [0.2, 0.25) is 5.91 Å². The van der Waals surface area contributed by atoms with Gasteiger partial charge in [-0.25, -0.2) is 0 Å². The maximum absolute atomic E-state index is 10.9. The van der Waals surface area contributed by atoms with E-state index in [-0.39, 0.29) is 5.91 Å². The SMILES string of the molecule is C=CC(=O)NCC(C)COCc1ccccc1. The Morgan fingerprint density at radius 1 is 1.47 bits per heavy atom. The van der Waals surface area contributed by atoms with Crippen molar-refractivity contribution >= 4 is 5.91 Å². The first-order valence-electron chi connectivity index (χ1n) is 5.74. The molecule has 0 aliphatic heterocycles. The number of amides is 1. The number of rotatable bonds is 7. The van der Waals surface area contributed by atoms with Gasteiger partial charge in [0.05, 0.1) is 13.2 Å². The molecule has 0 saturated heterocycles. The number of ether oxygens (including phenoxy) is 1. The lowest BCUT2D eigenvalue weighted by molar-refractivity contribution is -0.116. The minimum atomic E-state index is -0.139. The number of carbonyl (C=O) groups excluding carboxylic acids is 1. The van der Waals surface area contributed by atoms with Crippen LogP contribution in [-0.4, -0.2) is 19.1 Å². The fourth-order valence-electron chi connectivity index (χ4n) is 1.36. The van der Waals surface area contributed by atoms with E-state index in [1.165, 1.54) is 6.08 Å². The molecule has 0 fully saturated rings. The van der Waals surface area contributed by atoms with E-state index in [4.69, 9.17) is 4.74 Å². The van der Waals surface area contributed by atoms with Crippen molar-refractivity contribution in [2.75, 3.05) is 13.2 Å². The maximum atomic E-state index is 10.9. The van der Waals surface area contributed by atoms with Crippen LogP contribution in [0.1, 0.15) is 12.5 Å². The first kappa shape index (κ1) is 13.5. The molecule has 1 N–H and O–H groups in total. The molecule has 0 bridgehead atoms. The van der Waals surface area contributed by atoms with Gasteiger partial charge in [-0.1, -0.05) is 43.8 Å². The molecule has 1 aromatic rings. The summed E-state index contributed by atoms with van der Waals surface area (Å²) in [4.78, 5) is 10.9. The Bertz CT molecular complexity index is 348. The van der Waals surface area contributed by atoms with Crippen molar-refractivity contribution < 1.29 is 9.53 Å². The van der Waals surface area contributed by atoms with E-state index in [2.05, 4.69) is 11.9 Å². The smallest absolute Gasteiger partial charge is 0.243 e. The summed E-state index contributed by atoms with van der Waals surface area (Å²) in [5, 5.41) is 2.74. The van der Waals surface area contributed by atoms with Crippen LogP contribution in [0.5, 0.6) is 0 Å². The van der Waals surface area contributed by atoms with Gasteiger partial charge in [0.25, 0.3) is 0 Å². The largest absolute Gasteiger partial charge is 0.376 e. The molecule has 1 aromatic carbocycles. The summed E-state index contributed by atoms with van der Waals surface area (Å²) in [7, 11) is 0. The predicted molar refractivity (Wildman–Crippen MR) is 68.5 cm³/mol. The lowest BCUT2D eigenvalue weighted by atomic mass is 10.2. The van der Waals surface area contributed by atoms with Crippen LogP contribution in [0.2, 0.25) is 0 Å². The van der Waals surface area contributed by atoms with E-state index in [0.717, 1.165) is 5.56 Å². The molecule has 3 heteroatoms. The Balaban J connectivity index is 2.14. The normalized spacial score (nSPS) is 11.8. The van der Waals surface area contributed by atoms with Crippen molar-refractivity contribution in [2.24, 2.45) is 5.92 Å². The van der Waals surface area contributed by atoms with Crippen molar-refractivity contribution in [3.63, 3.8) is 0 Å². The lowest BCUT2D eigenvalue weighted by Gasteiger charge is -2.12. The summed E-state index contributed by atoms with van der Waals surface area (Å²) >= 11 is 0. The third-order valence-corrected chi connectivity index (χ3v) is 2.32. The quantitative estimate of drug-likeness (QED) is 0.733. The van der Waals surface area contributed by atoms with Gasteiger partial charge < -0.3 is 10.1 Å². The standard InChI is InChI=1S/C14H19NO2/c1-3-14(16)15-9-12(2)10-17-11-13-7-5-4-6-8-13/h3-8,12H,1,9-11H2,2H3,(H,15,16). The molecule has 1 rings (SSSR count). The van der Waals surface area contributed by atoms with Crippen LogP contribution in [-0.2, 0) is 16.1 Å². The van der Waals surface area contributed by atoms with Crippen LogP contribution < -0.4 is 5.32 Å². The zero-order valence-corrected chi connectivity index (χ0v) is 10.2. The Labute approximate surface area is 102 Å². The molecule has 0 aromatic heterocycles. The summed E-state index contributed by atoms with van der Waals surface area (Å²) in [6.07, 6.45) is 1.28. The number of nitrogens with one attached hydrogen (secondary N) is 1. The van der Waals surface area contributed by atoms with E-state index >= 15 is 0 Å². The highest BCUT2D eigenvalue weighted by molar-refractivity contribution is 5.86. The number of carbonyl (C=O) groups is 1. The average molecular weight is 233 g/mol. The Morgan fingerprint density at radius 3 is 2.82 bits per heavy atom. The van der Waals surface area contributed by atoms with Crippen LogP contribution in [0.3, 0.4) is 0 Å². The Kier molecular flexibility index (Phi) is 6.04. The fraction of sp³-hybridized carbons (Fsp3) is 0.357. The van der Waals surface area contributed by atoms with Gasteiger partial charge in [0.1, 0.15) is 0 Å². The number of hydrogen-bond acceptors (Lipinski definition) is 2. The Morgan fingerprint density at radius 2 is 2.18 bits per heavy atom. The molecule has 3 nitrogen and oxygen atoms in total. The van der Waals surface area contributed by atoms with E-state index in [9.17, 15) is 4.79 Å². The van der Waals surface area contributed by atoms with Gasteiger partial charge in [-0.05, 0) is 17.6 Å². The third-order valence-electron chi connectivity index (χ3n) is 2.32.